The second-order valence-corrected chi connectivity index (χ2v) is 9.26. The summed E-state index contributed by atoms with van der Waals surface area (Å²) in [4.78, 5) is 38.2. The Kier molecular flexibility index (Phi) is 8.23. The van der Waals surface area contributed by atoms with E-state index in [0.29, 0.717) is 31.6 Å². The molecule has 0 aliphatic carbocycles. The summed E-state index contributed by atoms with van der Waals surface area (Å²) in [5.41, 5.74) is 6.51. The number of carbonyl (C=O) groups excluding carboxylic acids is 2. The number of hydrogen-bond acceptors (Lipinski definition) is 4. The Morgan fingerprint density at radius 1 is 1.03 bits per heavy atom. The van der Waals surface area contributed by atoms with E-state index >= 15 is 0 Å². The van der Waals surface area contributed by atoms with Crippen molar-refractivity contribution in [1.82, 2.24) is 5.32 Å². The minimum Gasteiger partial charge on any atom is -0.493 e. The number of carbonyl (C=O) groups is 3. The van der Waals surface area contributed by atoms with Gasteiger partial charge >= 0.3 is 5.97 Å². The largest absolute Gasteiger partial charge is 0.493 e. The van der Waals surface area contributed by atoms with E-state index in [4.69, 9.17) is 9.84 Å². The molecule has 2 amide bonds. The SMILES string of the molecule is Cc1cccc(OCCCC(=O)N2CCCc3c(-c4cccc(C(=O)NCC(=O)O)c4)cccc32)c1C. The van der Waals surface area contributed by atoms with Crippen LogP contribution < -0.4 is 15.0 Å². The van der Waals surface area contributed by atoms with Crippen LogP contribution in [0, 0.1) is 13.8 Å². The fourth-order valence-corrected chi connectivity index (χ4v) is 4.66. The van der Waals surface area contributed by atoms with Crippen LogP contribution in [0.3, 0.4) is 0 Å². The molecular formula is C30H32N2O5. The van der Waals surface area contributed by atoms with Crippen molar-refractivity contribution >= 4 is 23.5 Å². The first-order valence-electron chi connectivity index (χ1n) is 12.6. The Bertz CT molecular complexity index is 1320. The molecule has 0 unspecified atom stereocenters. The standard InChI is InChI=1S/C30H32N2O5/c1-20-8-3-14-27(21(20)2)37-17-7-15-28(33)32-16-6-12-25-24(11-5-13-26(25)32)22-9-4-10-23(18-22)30(36)31-19-29(34)35/h3-5,8-11,13-14,18H,6-7,12,15-17,19H2,1-2H3,(H,31,36)(H,34,35). The van der Waals surface area contributed by atoms with E-state index in [0.717, 1.165) is 46.5 Å². The summed E-state index contributed by atoms with van der Waals surface area (Å²) < 4.78 is 5.93. The highest BCUT2D eigenvalue weighted by molar-refractivity contribution is 5.98. The highest BCUT2D eigenvalue weighted by atomic mass is 16.5. The predicted octanol–water partition coefficient (Wildman–Crippen LogP) is 4.92. The number of anilines is 1. The number of aryl methyl sites for hydroxylation is 1. The van der Waals surface area contributed by atoms with Crippen molar-refractivity contribution in [2.24, 2.45) is 0 Å². The van der Waals surface area contributed by atoms with Crippen molar-refractivity contribution in [1.29, 1.82) is 0 Å². The van der Waals surface area contributed by atoms with Crippen LogP contribution in [0.5, 0.6) is 5.75 Å². The van der Waals surface area contributed by atoms with E-state index in [1.54, 1.807) is 18.2 Å². The van der Waals surface area contributed by atoms with Gasteiger partial charge in [0.15, 0.2) is 0 Å². The van der Waals surface area contributed by atoms with Gasteiger partial charge in [-0.15, -0.1) is 0 Å². The Morgan fingerprint density at radius 2 is 1.81 bits per heavy atom. The van der Waals surface area contributed by atoms with E-state index in [-0.39, 0.29) is 5.91 Å². The summed E-state index contributed by atoms with van der Waals surface area (Å²) in [5.74, 6) is -0.596. The lowest BCUT2D eigenvalue weighted by atomic mass is 9.91. The van der Waals surface area contributed by atoms with Crippen LogP contribution in [0.15, 0.2) is 60.7 Å². The molecule has 1 heterocycles. The molecule has 37 heavy (non-hydrogen) atoms. The maximum absolute atomic E-state index is 13.2. The van der Waals surface area contributed by atoms with Gasteiger partial charge in [-0.3, -0.25) is 14.4 Å². The fraction of sp³-hybridized carbons (Fsp3) is 0.300. The maximum Gasteiger partial charge on any atom is 0.322 e. The van der Waals surface area contributed by atoms with Gasteiger partial charge in [-0.2, -0.15) is 0 Å². The van der Waals surface area contributed by atoms with Crippen molar-refractivity contribution in [3.05, 3.63) is 82.9 Å². The molecule has 0 saturated heterocycles. The summed E-state index contributed by atoms with van der Waals surface area (Å²) in [5, 5.41) is 11.2. The molecule has 7 nitrogen and oxygen atoms in total. The molecule has 0 bridgehead atoms. The van der Waals surface area contributed by atoms with E-state index in [2.05, 4.69) is 18.3 Å². The highest BCUT2D eigenvalue weighted by Crippen LogP contribution is 2.36. The van der Waals surface area contributed by atoms with Crippen LogP contribution in [0.4, 0.5) is 5.69 Å². The van der Waals surface area contributed by atoms with E-state index in [1.807, 2.05) is 48.2 Å². The van der Waals surface area contributed by atoms with Gasteiger partial charge < -0.3 is 20.1 Å². The number of ether oxygens (including phenoxy) is 1. The lowest BCUT2D eigenvalue weighted by molar-refractivity contribution is -0.135. The zero-order valence-corrected chi connectivity index (χ0v) is 21.3. The Labute approximate surface area is 217 Å². The number of hydrogen-bond donors (Lipinski definition) is 2. The van der Waals surface area contributed by atoms with Crippen LogP contribution in [0.25, 0.3) is 11.1 Å². The minimum absolute atomic E-state index is 0.0736. The van der Waals surface area contributed by atoms with Crippen LogP contribution in [-0.2, 0) is 16.0 Å². The third kappa shape index (κ3) is 6.17. The lowest BCUT2D eigenvalue weighted by Gasteiger charge is -2.31. The van der Waals surface area contributed by atoms with Gasteiger partial charge in [-0.1, -0.05) is 36.4 Å². The molecule has 1 aliphatic heterocycles. The summed E-state index contributed by atoms with van der Waals surface area (Å²) >= 11 is 0. The smallest absolute Gasteiger partial charge is 0.322 e. The number of rotatable bonds is 9. The van der Waals surface area contributed by atoms with Crippen LogP contribution in [0.1, 0.15) is 46.3 Å². The molecule has 7 heteroatoms. The molecule has 0 radical (unpaired) electrons. The van der Waals surface area contributed by atoms with Crippen molar-refractivity contribution in [2.45, 2.75) is 39.5 Å². The van der Waals surface area contributed by atoms with Crippen molar-refractivity contribution in [3.8, 4) is 16.9 Å². The number of nitrogens with zero attached hydrogens (tertiary/aromatic N) is 1. The average Bonchev–Trinajstić information content (AvgIpc) is 2.91. The summed E-state index contributed by atoms with van der Waals surface area (Å²) in [7, 11) is 0. The number of amides is 2. The summed E-state index contributed by atoms with van der Waals surface area (Å²) in [6.07, 6.45) is 2.72. The van der Waals surface area contributed by atoms with Gasteiger partial charge in [0.25, 0.3) is 5.91 Å². The molecule has 1 aliphatic rings. The Morgan fingerprint density at radius 3 is 2.62 bits per heavy atom. The molecule has 0 spiro atoms. The van der Waals surface area contributed by atoms with Gasteiger partial charge in [0.2, 0.25) is 5.91 Å². The zero-order valence-electron chi connectivity index (χ0n) is 21.3. The fourth-order valence-electron chi connectivity index (χ4n) is 4.66. The first-order valence-corrected chi connectivity index (χ1v) is 12.6. The van der Waals surface area contributed by atoms with Gasteiger partial charge in [-0.25, -0.2) is 0 Å². The quantitative estimate of drug-likeness (QED) is 0.407. The van der Waals surface area contributed by atoms with Gasteiger partial charge in [0, 0.05) is 24.2 Å². The maximum atomic E-state index is 13.2. The number of fused-ring (bicyclic) bond motifs is 1. The van der Waals surface area contributed by atoms with Gasteiger partial charge in [0.05, 0.1) is 6.61 Å². The normalized spacial score (nSPS) is 12.5. The van der Waals surface area contributed by atoms with Crippen LogP contribution in [-0.4, -0.2) is 42.6 Å². The van der Waals surface area contributed by atoms with Crippen molar-refractivity contribution in [2.75, 3.05) is 24.6 Å². The first kappa shape index (κ1) is 25.9. The molecule has 0 atom stereocenters. The summed E-state index contributed by atoms with van der Waals surface area (Å²) in [6.45, 7) is 4.81. The number of benzene rings is 3. The minimum atomic E-state index is -1.09. The first-order chi connectivity index (χ1) is 17.8. The number of carboxylic acids is 1. The van der Waals surface area contributed by atoms with Crippen molar-refractivity contribution < 1.29 is 24.2 Å². The van der Waals surface area contributed by atoms with E-state index in [9.17, 15) is 14.4 Å². The Hall–Kier alpha value is -4.13. The van der Waals surface area contributed by atoms with Gasteiger partial charge in [-0.05, 0) is 85.2 Å². The Balaban J connectivity index is 1.45. The second-order valence-electron chi connectivity index (χ2n) is 9.26. The topological polar surface area (TPSA) is 95.9 Å². The molecule has 192 valence electrons. The second kappa shape index (κ2) is 11.7. The van der Waals surface area contributed by atoms with Crippen LogP contribution in [0.2, 0.25) is 0 Å². The average molecular weight is 501 g/mol. The molecule has 0 fully saturated rings. The predicted molar refractivity (Wildman–Crippen MR) is 143 cm³/mol. The van der Waals surface area contributed by atoms with Crippen molar-refractivity contribution in [3.63, 3.8) is 0 Å². The molecule has 4 rings (SSSR count). The third-order valence-electron chi connectivity index (χ3n) is 6.74. The van der Waals surface area contributed by atoms with Gasteiger partial charge in [0.1, 0.15) is 12.3 Å². The number of aliphatic carboxylic acids is 1. The molecule has 3 aromatic rings. The monoisotopic (exact) mass is 500 g/mol. The molecular weight excluding hydrogens is 468 g/mol. The molecule has 0 aromatic heterocycles. The number of nitrogens with one attached hydrogen (secondary N) is 1. The lowest BCUT2D eigenvalue weighted by Crippen LogP contribution is -2.35. The molecule has 0 saturated carbocycles. The zero-order chi connectivity index (χ0) is 26.4. The highest BCUT2D eigenvalue weighted by Gasteiger charge is 2.24. The van der Waals surface area contributed by atoms with Crippen LogP contribution >= 0.6 is 0 Å². The molecule has 2 N–H and O–H groups in total. The third-order valence-corrected chi connectivity index (χ3v) is 6.74. The summed E-state index contributed by atoms with van der Waals surface area (Å²) in [6, 6.07) is 19.0. The van der Waals surface area contributed by atoms with E-state index < -0.39 is 18.4 Å². The van der Waals surface area contributed by atoms with E-state index in [1.165, 1.54) is 5.56 Å². The number of carboxylic acid groups (broad SMARTS) is 1. The molecule has 3 aromatic carbocycles.